The second-order valence-corrected chi connectivity index (χ2v) is 7.08. The molecule has 0 aromatic heterocycles. The topological polar surface area (TPSA) is 34.1 Å². The van der Waals surface area contributed by atoms with E-state index in [1.165, 1.54) is 0 Å². The average molecular weight is 301 g/mol. The standard InChI is InChI=1S/C12H13BrO2S/c1-9-3-2-4-12(9)16(14,15)11-7-5-10(13)6-8-11/h5-8,12H,1-4H2. The minimum absolute atomic E-state index is 0.381. The van der Waals surface area contributed by atoms with Crippen molar-refractivity contribution in [2.45, 2.75) is 29.4 Å². The molecule has 1 aromatic rings. The van der Waals surface area contributed by atoms with Gasteiger partial charge in [-0.05, 0) is 43.5 Å². The van der Waals surface area contributed by atoms with Gasteiger partial charge in [0.15, 0.2) is 9.84 Å². The zero-order valence-corrected chi connectivity index (χ0v) is 11.2. The first-order valence-corrected chi connectivity index (χ1v) is 7.53. The number of benzene rings is 1. The fraction of sp³-hybridized carbons (Fsp3) is 0.333. The Morgan fingerprint density at radius 2 is 1.88 bits per heavy atom. The summed E-state index contributed by atoms with van der Waals surface area (Å²) in [5.41, 5.74) is 0.850. The van der Waals surface area contributed by atoms with Gasteiger partial charge in [0.1, 0.15) is 0 Å². The van der Waals surface area contributed by atoms with Crippen LogP contribution in [0.2, 0.25) is 0 Å². The molecule has 0 N–H and O–H groups in total. The summed E-state index contributed by atoms with van der Waals surface area (Å²) in [5, 5.41) is -0.381. The van der Waals surface area contributed by atoms with Crippen molar-refractivity contribution in [1.82, 2.24) is 0 Å². The van der Waals surface area contributed by atoms with Gasteiger partial charge in [-0.3, -0.25) is 0 Å². The van der Waals surface area contributed by atoms with E-state index in [1.54, 1.807) is 24.3 Å². The Bertz CT molecular complexity index is 502. The van der Waals surface area contributed by atoms with E-state index in [9.17, 15) is 8.42 Å². The summed E-state index contributed by atoms with van der Waals surface area (Å²) < 4.78 is 25.4. The highest BCUT2D eigenvalue weighted by Gasteiger charge is 2.32. The van der Waals surface area contributed by atoms with Gasteiger partial charge in [-0.1, -0.05) is 28.1 Å². The van der Waals surface area contributed by atoms with Gasteiger partial charge in [-0.2, -0.15) is 0 Å². The van der Waals surface area contributed by atoms with Crippen LogP contribution in [0, 0.1) is 0 Å². The molecule has 0 aliphatic heterocycles. The van der Waals surface area contributed by atoms with Gasteiger partial charge in [0, 0.05) is 4.47 Å². The fourth-order valence-electron chi connectivity index (χ4n) is 2.04. The van der Waals surface area contributed by atoms with Gasteiger partial charge >= 0.3 is 0 Å². The highest BCUT2D eigenvalue weighted by Crippen LogP contribution is 2.33. The molecule has 0 amide bonds. The molecule has 0 spiro atoms. The Kier molecular flexibility index (Phi) is 3.22. The summed E-state index contributed by atoms with van der Waals surface area (Å²) in [6.07, 6.45) is 2.47. The molecule has 1 aliphatic carbocycles. The maximum atomic E-state index is 12.3. The first kappa shape index (κ1) is 11.9. The Morgan fingerprint density at radius 1 is 1.25 bits per heavy atom. The van der Waals surface area contributed by atoms with E-state index in [2.05, 4.69) is 22.5 Å². The monoisotopic (exact) mass is 300 g/mol. The summed E-state index contributed by atoms with van der Waals surface area (Å²) >= 11 is 3.30. The molecule has 1 unspecified atom stereocenters. The van der Waals surface area contributed by atoms with E-state index in [1.807, 2.05) is 0 Å². The first-order chi connectivity index (χ1) is 7.51. The van der Waals surface area contributed by atoms with Gasteiger partial charge in [-0.15, -0.1) is 0 Å². The van der Waals surface area contributed by atoms with Crippen LogP contribution in [0.4, 0.5) is 0 Å². The third kappa shape index (κ3) is 2.09. The molecule has 86 valence electrons. The molecule has 16 heavy (non-hydrogen) atoms. The number of hydrogen-bond donors (Lipinski definition) is 0. The summed E-state index contributed by atoms with van der Waals surface area (Å²) in [4.78, 5) is 0.392. The van der Waals surface area contributed by atoms with Crippen LogP contribution in [0.3, 0.4) is 0 Å². The van der Waals surface area contributed by atoms with Crippen molar-refractivity contribution in [1.29, 1.82) is 0 Å². The van der Waals surface area contributed by atoms with Crippen molar-refractivity contribution >= 4 is 25.8 Å². The lowest BCUT2D eigenvalue weighted by molar-refractivity contribution is 0.586. The number of sulfone groups is 1. The lowest BCUT2D eigenvalue weighted by Crippen LogP contribution is -2.19. The highest BCUT2D eigenvalue weighted by atomic mass is 79.9. The summed E-state index contributed by atoms with van der Waals surface area (Å²) in [6.45, 7) is 3.86. The first-order valence-electron chi connectivity index (χ1n) is 5.19. The predicted octanol–water partition coefficient (Wildman–Crippen LogP) is 3.33. The Hall–Kier alpha value is -0.610. The van der Waals surface area contributed by atoms with Crippen LogP contribution in [-0.4, -0.2) is 13.7 Å². The molecule has 0 radical (unpaired) electrons. The van der Waals surface area contributed by atoms with Crippen LogP contribution in [0.15, 0.2) is 45.8 Å². The van der Waals surface area contributed by atoms with E-state index >= 15 is 0 Å². The largest absolute Gasteiger partial charge is 0.223 e. The quantitative estimate of drug-likeness (QED) is 0.785. The van der Waals surface area contributed by atoms with E-state index < -0.39 is 9.84 Å². The molecule has 1 aromatic carbocycles. The summed E-state index contributed by atoms with van der Waals surface area (Å²) in [6, 6.07) is 6.80. The van der Waals surface area contributed by atoms with Crippen LogP contribution in [-0.2, 0) is 9.84 Å². The van der Waals surface area contributed by atoms with Crippen molar-refractivity contribution < 1.29 is 8.42 Å². The van der Waals surface area contributed by atoms with Gasteiger partial charge in [0.25, 0.3) is 0 Å². The van der Waals surface area contributed by atoms with Crippen molar-refractivity contribution in [2.24, 2.45) is 0 Å². The van der Waals surface area contributed by atoms with E-state index in [0.29, 0.717) is 11.3 Å². The molecule has 1 aliphatic rings. The van der Waals surface area contributed by atoms with Gasteiger partial charge < -0.3 is 0 Å². The number of halogens is 1. The Morgan fingerprint density at radius 3 is 2.38 bits per heavy atom. The van der Waals surface area contributed by atoms with E-state index in [0.717, 1.165) is 22.9 Å². The molecule has 1 fully saturated rings. The van der Waals surface area contributed by atoms with Crippen molar-refractivity contribution in [3.8, 4) is 0 Å². The summed E-state index contributed by atoms with van der Waals surface area (Å²) in [5.74, 6) is 0. The van der Waals surface area contributed by atoms with Crippen molar-refractivity contribution in [3.63, 3.8) is 0 Å². The molecule has 0 heterocycles. The second-order valence-electron chi connectivity index (χ2n) is 4.04. The third-order valence-corrected chi connectivity index (χ3v) is 5.71. The lowest BCUT2D eigenvalue weighted by Gasteiger charge is -2.12. The lowest BCUT2D eigenvalue weighted by atomic mass is 10.3. The van der Waals surface area contributed by atoms with E-state index in [-0.39, 0.29) is 5.25 Å². The van der Waals surface area contributed by atoms with Gasteiger partial charge in [0.2, 0.25) is 0 Å². The second kappa shape index (κ2) is 4.34. The molecular formula is C12H13BrO2S. The van der Waals surface area contributed by atoms with Gasteiger partial charge in [-0.25, -0.2) is 8.42 Å². The van der Waals surface area contributed by atoms with Crippen LogP contribution in [0.25, 0.3) is 0 Å². The third-order valence-electron chi connectivity index (χ3n) is 2.94. The van der Waals surface area contributed by atoms with Crippen LogP contribution >= 0.6 is 15.9 Å². The predicted molar refractivity (Wildman–Crippen MR) is 68.1 cm³/mol. The zero-order valence-electron chi connectivity index (χ0n) is 8.82. The smallest absolute Gasteiger partial charge is 0.185 e. The SMILES string of the molecule is C=C1CCCC1S(=O)(=O)c1ccc(Br)cc1. The minimum Gasteiger partial charge on any atom is -0.223 e. The Balaban J connectivity index is 2.39. The maximum absolute atomic E-state index is 12.3. The fourth-order valence-corrected chi connectivity index (χ4v) is 4.18. The Labute approximate surface area is 104 Å². The molecule has 1 saturated carbocycles. The molecule has 2 rings (SSSR count). The molecule has 4 heteroatoms. The molecule has 0 saturated heterocycles. The number of hydrogen-bond acceptors (Lipinski definition) is 2. The average Bonchev–Trinajstić information content (AvgIpc) is 2.66. The highest BCUT2D eigenvalue weighted by molar-refractivity contribution is 9.10. The normalized spacial score (nSPS) is 21.3. The van der Waals surface area contributed by atoms with Gasteiger partial charge in [0.05, 0.1) is 10.1 Å². The van der Waals surface area contributed by atoms with Crippen LogP contribution in [0.5, 0.6) is 0 Å². The summed E-state index contributed by atoms with van der Waals surface area (Å²) in [7, 11) is -3.23. The van der Waals surface area contributed by atoms with Crippen LogP contribution in [0.1, 0.15) is 19.3 Å². The number of rotatable bonds is 2. The molecular weight excluding hydrogens is 288 g/mol. The van der Waals surface area contributed by atoms with Crippen LogP contribution < -0.4 is 0 Å². The minimum atomic E-state index is -3.23. The van der Waals surface area contributed by atoms with E-state index in [4.69, 9.17) is 0 Å². The van der Waals surface area contributed by atoms with Crippen molar-refractivity contribution in [3.05, 3.63) is 40.9 Å². The molecule has 0 bridgehead atoms. The zero-order chi connectivity index (χ0) is 11.8. The molecule has 2 nitrogen and oxygen atoms in total. The molecule has 1 atom stereocenters. The maximum Gasteiger partial charge on any atom is 0.185 e. The van der Waals surface area contributed by atoms with Crippen molar-refractivity contribution in [2.75, 3.05) is 0 Å².